The molecule has 1 amide bonds. The van der Waals surface area contributed by atoms with Crippen molar-refractivity contribution in [1.82, 2.24) is 29.9 Å². The molecule has 5 heterocycles. The van der Waals surface area contributed by atoms with Crippen LogP contribution in [0, 0.1) is 12.8 Å². The number of hydrogen-bond acceptors (Lipinski definition) is 7. The zero-order valence-electron chi connectivity index (χ0n) is 18.4. The van der Waals surface area contributed by atoms with E-state index < -0.39 is 12.3 Å². The van der Waals surface area contributed by atoms with Crippen LogP contribution in [0.3, 0.4) is 0 Å². The Morgan fingerprint density at radius 1 is 1.24 bits per heavy atom. The average molecular weight is 454 g/mol. The van der Waals surface area contributed by atoms with Crippen molar-refractivity contribution < 1.29 is 13.6 Å². The van der Waals surface area contributed by atoms with Crippen molar-refractivity contribution in [2.45, 2.75) is 26.3 Å². The number of hydrogen-bond donors (Lipinski definition) is 1. The van der Waals surface area contributed by atoms with E-state index in [4.69, 9.17) is 0 Å². The van der Waals surface area contributed by atoms with Gasteiger partial charge in [-0.3, -0.25) is 14.5 Å². The van der Waals surface area contributed by atoms with Crippen LogP contribution in [0.15, 0.2) is 30.6 Å². The van der Waals surface area contributed by atoms with E-state index in [0.717, 1.165) is 41.3 Å². The Morgan fingerprint density at radius 3 is 2.76 bits per heavy atom. The molecule has 1 N–H and O–H groups in total. The smallest absolute Gasteiger partial charge is 0.274 e. The van der Waals surface area contributed by atoms with E-state index >= 15 is 0 Å². The summed E-state index contributed by atoms with van der Waals surface area (Å²) >= 11 is 0. The lowest BCUT2D eigenvalue weighted by molar-refractivity contribution is -0.0155. The van der Waals surface area contributed by atoms with E-state index in [1.165, 1.54) is 4.90 Å². The number of pyridine rings is 1. The Morgan fingerprint density at radius 2 is 2.06 bits per heavy atom. The lowest BCUT2D eigenvalue weighted by atomic mass is 10.0. The van der Waals surface area contributed by atoms with E-state index in [9.17, 15) is 13.6 Å². The predicted molar refractivity (Wildman–Crippen MR) is 118 cm³/mol. The number of aromatic nitrogens is 5. The Labute approximate surface area is 189 Å². The largest absolute Gasteiger partial charge is 0.350 e. The summed E-state index contributed by atoms with van der Waals surface area (Å²) in [6, 6.07) is 5.65. The Kier molecular flexibility index (Phi) is 5.39. The number of carbonyl (C=O) groups excluding carboxylic acids is 1. The first-order chi connectivity index (χ1) is 15.9. The molecule has 5 rings (SSSR count). The van der Waals surface area contributed by atoms with E-state index in [1.807, 2.05) is 26.2 Å². The quantitative estimate of drug-likeness (QED) is 0.634. The van der Waals surface area contributed by atoms with Crippen molar-refractivity contribution in [2.75, 3.05) is 29.9 Å². The molecule has 0 bridgehead atoms. The highest BCUT2D eigenvalue weighted by molar-refractivity contribution is 5.93. The second-order valence-electron chi connectivity index (χ2n) is 8.51. The Bertz CT molecular complexity index is 1190. The molecule has 0 spiro atoms. The number of nitrogens with zero attached hydrogens (tertiary/aromatic N) is 7. The maximum Gasteiger partial charge on any atom is 0.274 e. The van der Waals surface area contributed by atoms with Gasteiger partial charge in [0.1, 0.15) is 5.82 Å². The highest BCUT2D eigenvalue weighted by Crippen LogP contribution is 2.28. The standard InChI is InChI=1S/C22H24F2N8O/c1-13-7-18(22(33)32-11-15(12-32)20(23)24)28-29-21(13)31-6-4-17-14(10-31)8-16(9-25-17)27-19-3-5-26-30(19)2/h3,5,7-9,15,20,27H,4,6,10-12H2,1-2H3. The van der Waals surface area contributed by atoms with Crippen molar-refractivity contribution in [2.24, 2.45) is 13.0 Å². The number of halogens is 2. The first-order valence-electron chi connectivity index (χ1n) is 10.8. The second-order valence-corrected chi connectivity index (χ2v) is 8.51. The fourth-order valence-electron chi connectivity index (χ4n) is 4.22. The van der Waals surface area contributed by atoms with Crippen molar-refractivity contribution in [3.63, 3.8) is 0 Å². The molecule has 3 aromatic heterocycles. The third kappa shape index (κ3) is 4.10. The summed E-state index contributed by atoms with van der Waals surface area (Å²) in [6.45, 7) is 3.36. The molecule has 9 nitrogen and oxygen atoms in total. The van der Waals surface area contributed by atoms with E-state index in [1.54, 1.807) is 16.9 Å². The minimum atomic E-state index is -2.40. The van der Waals surface area contributed by atoms with Gasteiger partial charge in [-0.15, -0.1) is 10.2 Å². The van der Waals surface area contributed by atoms with Gasteiger partial charge in [0, 0.05) is 51.4 Å². The third-order valence-corrected chi connectivity index (χ3v) is 6.16. The van der Waals surface area contributed by atoms with Crippen molar-refractivity contribution >= 4 is 23.2 Å². The molecule has 1 saturated heterocycles. The molecule has 33 heavy (non-hydrogen) atoms. The van der Waals surface area contributed by atoms with Gasteiger partial charge in [-0.1, -0.05) is 0 Å². The van der Waals surface area contributed by atoms with E-state index in [0.29, 0.717) is 12.4 Å². The summed E-state index contributed by atoms with van der Waals surface area (Å²) in [4.78, 5) is 20.7. The summed E-state index contributed by atoms with van der Waals surface area (Å²) in [7, 11) is 1.87. The predicted octanol–water partition coefficient (Wildman–Crippen LogP) is 2.56. The Balaban J connectivity index is 1.29. The van der Waals surface area contributed by atoms with Gasteiger partial charge in [-0.05, 0) is 30.2 Å². The van der Waals surface area contributed by atoms with Gasteiger partial charge in [-0.25, -0.2) is 8.78 Å². The van der Waals surface area contributed by atoms with Gasteiger partial charge in [0.25, 0.3) is 5.91 Å². The maximum atomic E-state index is 12.7. The van der Waals surface area contributed by atoms with Gasteiger partial charge in [0.15, 0.2) is 11.5 Å². The summed E-state index contributed by atoms with van der Waals surface area (Å²) in [6.07, 6.45) is 1.92. The number of nitrogens with one attached hydrogen (secondary N) is 1. The average Bonchev–Trinajstić information content (AvgIpc) is 3.16. The monoisotopic (exact) mass is 454 g/mol. The van der Waals surface area contributed by atoms with Crippen LogP contribution in [0.5, 0.6) is 0 Å². The number of rotatable bonds is 5. The summed E-state index contributed by atoms with van der Waals surface area (Å²) in [5, 5.41) is 15.9. The van der Waals surface area contributed by atoms with E-state index in [2.05, 4.69) is 36.6 Å². The molecular weight excluding hydrogens is 430 g/mol. The molecule has 1 fully saturated rings. The first-order valence-corrected chi connectivity index (χ1v) is 10.8. The zero-order valence-corrected chi connectivity index (χ0v) is 18.4. The summed E-state index contributed by atoms with van der Waals surface area (Å²) in [5.41, 5.74) is 4.02. The molecule has 0 unspecified atom stereocenters. The fourth-order valence-corrected chi connectivity index (χ4v) is 4.22. The third-order valence-electron chi connectivity index (χ3n) is 6.16. The molecule has 0 aliphatic carbocycles. The van der Waals surface area contributed by atoms with Crippen LogP contribution < -0.4 is 10.2 Å². The number of fused-ring (bicyclic) bond motifs is 1. The number of carbonyl (C=O) groups is 1. The molecule has 0 atom stereocenters. The highest BCUT2D eigenvalue weighted by Gasteiger charge is 2.37. The van der Waals surface area contributed by atoms with Crippen LogP contribution in [0.4, 0.5) is 26.1 Å². The van der Waals surface area contributed by atoms with Crippen LogP contribution in [0.2, 0.25) is 0 Å². The van der Waals surface area contributed by atoms with Gasteiger partial charge in [-0.2, -0.15) is 5.10 Å². The fraction of sp³-hybridized carbons (Fsp3) is 0.409. The molecule has 0 aromatic carbocycles. The SMILES string of the molecule is Cc1cc(C(=O)N2CC(C(F)F)C2)nnc1N1CCc2ncc(Nc3ccnn3C)cc2C1. The number of alkyl halides is 2. The molecule has 172 valence electrons. The van der Waals surface area contributed by atoms with Gasteiger partial charge in [0.2, 0.25) is 6.43 Å². The number of amides is 1. The summed E-state index contributed by atoms with van der Waals surface area (Å²) in [5.74, 6) is 0.472. The first kappa shape index (κ1) is 21.2. The van der Waals surface area contributed by atoms with Crippen LogP contribution in [-0.2, 0) is 20.0 Å². The molecule has 0 saturated carbocycles. The molecule has 0 radical (unpaired) electrons. The van der Waals surface area contributed by atoms with Gasteiger partial charge < -0.3 is 15.1 Å². The van der Waals surface area contributed by atoms with Crippen LogP contribution >= 0.6 is 0 Å². The molecule has 11 heteroatoms. The molecule has 3 aromatic rings. The lowest BCUT2D eigenvalue weighted by Crippen LogP contribution is -2.52. The highest BCUT2D eigenvalue weighted by atomic mass is 19.3. The number of anilines is 3. The topological polar surface area (TPSA) is 92.1 Å². The van der Waals surface area contributed by atoms with E-state index in [-0.39, 0.29) is 24.7 Å². The number of likely N-dealkylation sites (tertiary alicyclic amines) is 1. The summed E-state index contributed by atoms with van der Waals surface area (Å²) < 4.78 is 27.2. The zero-order chi connectivity index (χ0) is 23.1. The normalized spacial score (nSPS) is 16.0. The lowest BCUT2D eigenvalue weighted by Gasteiger charge is -2.38. The van der Waals surface area contributed by atoms with Crippen molar-refractivity contribution in [3.8, 4) is 0 Å². The minimum absolute atomic E-state index is 0.0596. The molecule has 2 aliphatic heterocycles. The second kappa shape index (κ2) is 8.38. The van der Waals surface area contributed by atoms with Crippen LogP contribution in [-0.4, -0.2) is 61.8 Å². The number of aryl methyl sites for hydroxylation is 2. The van der Waals surface area contributed by atoms with Crippen molar-refractivity contribution in [1.29, 1.82) is 0 Å². The van der Waals surface area contributed by atoms with Crippen molar-refractivity contribution in [3.05, 3.63) is 53.1 Å². The molecular formula is C22H24F2N8O. The molecule has 2 aliphatic rings. The van der Waals surface area contributed by atoms with Crippen LogP contribution in [0.1, 0.15) is 27.3 Å². The van der Waals surface area contributed by atoms with Gasteiger partial charge >= 0.3 is 0 Å². The van der Waals surface area contributed by atoms with Crippen LogP contribution in [0.25, 0.3) is 0 Å². The maximum absolute atomic E-state index is 12.7. The Hall–Kier alpha value is -3.63. The van der Waals surface area contributed by atoms with Gasteiger partial charge in [0.05, 0.1) is 24.0 Å². The minimum Gasteiger partial charge on any atom is -0.350 e.